The molecule has 0 bridgehead atoms. The molecule has 1 heterocycles. The van der Waals surface area contributed by atoms with Crippen LogP contribution in [0.5, 0.6) is 0 Å². The predicted molar refractivity (Wildman–Crippen MR) is 80.5 cm³/mol. The van der Waals surface area contributed by atoms with E-state index in [1.54, 1.807) is 5.57 Å². The van der Waals surface area contributed by atoms with E-state index in [1.165, 1.54) is 28.2 Å². The van der Waals surface area contributed by atoms with Gasteiger partial charge in [0.05, 0.1) is 0 Å². The van der Waals surface area contributed by atoms with Crippen LogP contribution < -0.4 is 0 Å². The maximum Gasteiger partial charge on any atom is 0.0305 e. The molecular weight excluding hydrogens is 224 g/mol. The van der Waals surface area contributed by atoms with E-state index in [0.29, 0.717) is 5.92 Å². The molecule has 1 aromatic rings. The largest absolute Gasteiger partial charge is 0.141 e. The van der Waals surface area contributed by atoms with Crippen LogP contribution in [-0.4, -0.2) is 0 Å². The van der Waals surface area contributed by atoms with Crippen molar-refractivity contribution < 1.29 is 0 Å². The predicted octanol–water partition coefficient (Wildman–Crippen LogP) is 5.84. The molecule has 2 rings (SSSR count). The fourth-order valence-electron chi connectivity index (χ4n) is 1.95. The number of hydrogen-bond donors (Lipinski definition) is 0. The number of rotatable bonds is 2. The molecule has 0 N–H and O–H groups in total. The third-order valence-corrected chi connectivity index (χ3v) is 4.06. The maximum absolute atomic E-state index is 2.32. The molecule has 0 atom stereocenters. The molecule has 0 aromatic carbocycles. The van der Waals surface area contributed by atoms with E-state index in [4.69, 9.17) is 0 Å². The molecule has 0 radical (unpaired) electrons. The molecule has 0 saturated heterocycles. The fourth-order valence-corrected chi connectivity index (χ4v) is 2.87. The van der Waals surface area contributed by atoms with Crippen molar-refractivity contribution in [2.24, 2.45) is 5.92 Å². The van der Waals surface area contributed by atoms with E-state index < -0.39 is 0 Å². The van der Waals surface area contributed by atoms with Crippen molar-refractivity contribution in [3.63, 3.8) is 0 Å². The summed E-state index contributed by atoms with van der Waals surface area (Å²) in [5, 5.41) is 0. The third-order valence-electron chi connectivity index (χ3n) is 2.98. The summed E-state index contributed by atoms with van der Waals surface area (Å²) in [5.74, 6) is 0.702. The van der Waals surface area contributed by atoms with Crippen LogP contribution in [0.15, 0.2) is 29.9 Å². The zero-order valence-electron chi connectivity index (χ0n) is 11.7. The van der Waals surface area contributed by atoms with Gasteiger partial charge in [0, 0.05) is 9.75 Å². The minimum absolute atomic E-state index is 0.702. The second kappa shape index (κ2) is 6.80. The second-order valence-electron chi connectivity index (χ2n) is 4.50. The van der Waals surface area contributed by atoms with Crippen molar-refractivity contribution in [3.8, 4) is 0 Å². The zero-order chi connectivity index (χ0) is 12.8. The smallest absolute Gasteiger partial charge is 0.0305 e. The van der Waals surface area contributed by atoms with Gasteiger partial charge < -0.3 is 0 Å². The number of aryl methyl sites for hydroxylation is 1. The van der Waals surface area contributed by atoms with Crippen molar-refractivity contribution >= 4 is 16.9 Å². The molecule has 1 aromatic heterocycles. The molecule has 0 nitrogen and oxygen atoms in total. The Hall–Kier alpha value is -0.820. The highest BCUT2D eigenvalue weighted by Crippen LogP contribution is 2.32. The van der Waals surface area contributed by atoms with Crippen molar-refractivity contribution in [1.29, 1.82) is 0 Å². The van der Waals surface area contributed by atoms with E-state index in [9.17, 15) is 0 Å². The van der Waals surface area contributed by atoms with Gasteiger partial charge in [0.25, 0.3) is 0 Å². The normalized spacial score (nSPS) is 14.9. The highest BCUT2D eigenvalue weighted by molar-refractivity contribution is 7.13. The van der Waals surface area contributed by atoms with Crippen LogP contribution in [0.25, 0.3) is 5.57 Å². The third kappa shape index (κ3) is 3.85. The van der Waals surface area contributed by atoms with Gasteiger partial charge in [-0.2, -0.15) is 0 Å². The Kier molecular flexibility index (Phi) is 5.70. The Morgan fingerprint density at radius 1 is 1.06 bits per heavy atom. The molecule has 0 amide bonds. The van der Waals surface area contributed by atoms with E-state index >= 15 is 0 Å². The zero-order valence-corrected chi connectivity index (χ0v) is 12.5. The number of thiophene rings is 1. The molecule has 94 valence electrons. The molecule has 0 saturated carbocycles. The Morgan fingerprint density at radius 2 is 1.76 bits per heavy atom. The van der Waals surface area contributed by atoms with Gasteiger partial charge in [-0.15, -0.1) is 11.3 Å². The summed E-state index contributed by atoms with van der Waals surface area (Å²) in [6.07, 6.45) is 7.08. The van der Waals surface area contributed by atoms with Crippen molar-refractivity contribution in [2.75, 3.05) is 0 Å². The Morgan fingerprint density at radius 3 is 2.18 bits per heavy atom. The minimum Gasteiger partial charge on any atom is -0.141 e. The summed E-state index contributed by atoms with van der Waals surface area (Å²) >= 11 is 1.91. The SMILES string of the molecule is CC.Cc1ccc(C2=CC=C(C(C)C)CC2)s1. The van der Waals surface area contributed by atoms with Crippen LogP contribution in [0.4, 0.5) is 0 Å². The standard InChI is InChI=1S/C14H18S.C2H6/c1-10(2)12-5-7-13(8-6-12)14-9-4-11(3)15-14;1-2/h4-5,7,9-10H,6,8H2,1-3H3;1-2H3. The highest BCUT2D eigenvalue weighted by Gasteiger charge is 2.11. The summed E-state index contributed by atoms with van der Waals surface area (Å²) in [5.41, 5.74) is 3.10. The monoisotopic (exact) mass is 248 g/mol. The van der Waals surface area contributed by atoms with Crippen molar-refractivity contribution in [1.82, 2.24) is 0 Å². The summed E-state index contributed by atoms with van der Waals surface area (Å²) in [6, 6.07) is 4.46. The van der Waals surface area contributed by atoms with E-state index in [-0.39, 0.29) is 0 Å². The summed E-state index contributed by atoms with van der Waals surface area (Å²) in [6.45, 7) is 10.7. The summed E-state index contributed by atoms with van der Waals surface area (Å²) in [7, 11) is 0. The highest BCUT2D eigenvalue weighted by atomic mass is 32.1. The van der Waals surface area contributed by atoms with Crippen LogP contribution in [0.2, 0.25) is 0 Å². The molecule has 1 aliphatic carbocycles. The van der Waals surface area contributed by atoms with E-state index in [0.717, 1.165) is 0 Å². The first-order valence-electron chi connectivity index (χ1n) is 6.63. The molecule has 0 spiro atoms. The van der Waals surface area contributed by atoms with Gasteiger partial charge in [0.1, 0.15) is 0 Å². The lowest BCUT2D eigenvalue weighted by atomic mass is 9.91. The van der Waals surface area contributed by atoms with Gasteiger partial charge in [0.15, 0.2) is 0 Å². The second-order valence-corrected chi connectivity index (χ2v) is 5.79. The average Bonchev–Trinajstić information content (AvgIpc) is 2.79. The molecule has 0 aliphatic heterocycles. The van der Waals surface area contributed by atoms with E-state index in [1.807, 2.05) is 25.2 Å². The minimum atomic E-state index is 0.702. The van der Waals surface area contributed by atoms with Gasteiger partial charge in [-0.25, -0.2) is 0 Å². The van der Waals surface area contributed by atoms with Crippen LogP contribution >= 0.6 is 11.3 Å². The Balaban J connectivity index is 0.000000686. The molecular formula is C16H24S. The molecule has 1 heteroatoms. The molecule has 0 unspecified atom stereocenters. The first-order chi connectivity index (χ1) is 8.16. The summed E-state index contributed by atoms with van der Waals surface area (Å²) in [4.78, 5) is 2.86. The van der Waals surface area contributed by atoms with Gasteiger partial charge in [0.2, 0.25) is 0 Å². The van der Waals surface area contributed by atoms with Gasteiger partial charge in [-0.1, -0.05) is 45.4 Å². The van der Waals surface area contributed by atoms with Crippen LogP contribution in [0.3, 0.4) is 0 Å². The lowest BCUT2D eigenvalue weighted by Gasteiger charge is -2.16. The quantitative estimate of drug-likeness (QED) is 0.616. The lowest BCUT2D eigenvalue weighted by Crippen LogP contribution is -1.98. The van der Waals surface area contributed by atoms with Crippen LogP contribution in [0, 0.1) is 12.8 Å². The number of allylic oxidation sites excluding steroid dienone is 4. The first kappa shape index (κ1) is 14.2. The van der Waals surface area contributed by atoms with Gasteiger partial charge in [-0.05, 0) is 43.4 Å². The lowest BCUT2D eigenvalue weighted by molar-refractivity contribution is 0.713. The Bertz CT molecular complexity index is 405. The fraction of sp³-hybridized carbons (Fsp3) is 0.500. The van der Waals surface area contributed by atoms with Crippen molar-refractivity contribution in [3.05, 3.63) is 39.6 Å². The number of hydrogen-bond acceptors (Lipinski definition) is 1. The van der Waals surface area contributed by atoms with Crippen LogP contribution in [0.1, 0.15) is 50.3 Å². The average molecular weight is 248 g/mol. The van der Waals surface area contributed by atoms with Crippen molar-refractivity contribution in [2.45, 2.75) is 47.5 Å². The molecule has 17 heavy (non-hydrogen) atoms. The van der Waals surface area contributed by atoms with Crippen LogP contribution in [-0.2, 0) is 0 Å². The Labute approximate surface area is 110 Å². The summed E-state index contributed by atoms with van der Waals surface area (Å²) < 4.78 is 0. The van der Waals surface area contributed by atoms with E-state index in [2.05, 4.69) is 45.1 Å². The first-order valence-corrected chi connectivity index (χ1v) is 7.45. The van der Waals surface area contributed by atoms with Gasteiger partial charge in [-0.3, -0.25) is 0 Å². The van der Waals surface area contributed by atoms with Gasteiger partial charge >= 0.3 is 0 Å². The maximum atomic E-state index is 2.32. The topological polar surface area (TPSA) is 0 Å². The molecule has 1 aliphatic rings. The molecule has 0 fully saturated rings.